The van der Waals surface area contributed by atoms with Crippen LogP contribution in [0, 0.1) is 5.92 Å². The number of hydrogen-bond donors (Lipinski definition) is 0. The minimum absolute atomic E-state index is 0.161. The molecular weight excluding hydrogens is 441 g/mol. The summed E-state index contributed by atoms with van der Waals surface area (Å²) in [6, 6.07) is 5.40. The monoisotopic (exact) mass is 469 g/mol. The topological polar surface area (TPSA) is 63.0 Å². The maximum atomic E-state index is 6.42. The van der Waals surface area contributed by atoms with Crippen LogP contribution in [0.25, 0.3) is 11.3 Å². The van der Waals surface area contributed by atoms with Gasteiger partial charge in [0.25, 0.3) is 0 Å². The molecule has 1 spiro atoms. The van der Waals surface area contributed by atoms with Crippen molar-refractivity contribution in [2.75, 3.05) is 26.4 Å². The number of rotatable bonds is 6. The summed E-state index contributed by atoms with van der Waals surface area (Å²) in [6.45, 7) is 8.52. The molecule has 0 bridgehead atoms. The zero-order valence-electron chi connectivity index (χ0n) is 18.2. The first-order chi connectivity index (χ1) is 15.1. The van der Waals surface area contributed by atoms with E-state index in [0.29, 0.717) is 60.3 Å². The number of aromatic nitrogens is 1. The van der Waals surface area contributed by atoms with E-state index in [-0.39, 0.29) is 12.0 Å². The second-order valence-electron chi connectivity index (χ2n) is 7.90. The predicted molar refractivity (Wildman–Crippen MR) is 118 cm³/mol. The summed E-state index contributed by atoms with van der Waals surface area (Å²) in [6.07, 6.45) is 1.91. The lowest BCUT2D eigenvalue weighted by molar-refractivity contribution is -0.217. The van der Waals surface area contributed by atoms with Crippen molar-refractivity contribution in [3.63, 3.8) is 0 Å². The van der Waals surface area contributed by atoms with Crippen molar-refractivity contribution in [2.24, 2.45) is 5.92 Å². The minimum atomic E-state index is -0.706. The largest absolute Gasteiger partial charge is 0.374 e. The molecule has 2 unspecified atom stereocenters. The van der Waals surface area contributed by atoms with Crippen LogP contribution in [0.2, 0.25) is 10.0 Å². The van der Waals surface area contributed by atoms with E-state index in [9.17, 15) is 0 Å². The molecule has 1 aromatic carbocycles. The van der Waals surface area contributed by atoms with Gasteiger partial charge in [0.15, 0.2) is 0 Å². The summed E-state index contributed by atoms with van der Waals surface area (Å²) < 4.78 is 29.5. The highest BCUT2D eigenvalue weighted by Crippen LogP contribution is 2.46. The second-order valence-corrected chi connectivity index (χ2v) is 8.72. The summed E-state index contributed by atoms with van der Waals surface area (Å²) in [5, 5.41) is 5.37. The van der Waals surface area contributed by atoms with Gasteiger partial charge in [-0.3, -0.25) is 0 Å². The summed E-state index contributed by atoms with van der Waals surface area (Å²) in [5.41, 5.74) is 2.22. The van der Waals surface area contributed by atoms with Crippen LogP contribution in [-0.2, 0) is 25.6 Å². The van der Waals surface area contributed by atoms with Crippen LogP contribution in [0.5, 0.6) is 0 Å². The third kappa shape index (κ3) is 4.39. The van der Waals surface area contributed by atoms with Crippen molar-refractivity contribution in [2.45, 2.75) is 58.0 Å². The molecule has 2 atom stereocenters. The fraction of sp³-hybridized carbons (Fsp3) is 0.609. The molecule has 2 aromatic rings. The molecule has 1 aromatic heterocycles. The zero-order valence-corrected chi connectivity index (χ0v) is 19.7. The van der Waals surface area contributed by atoms with Crippen molar-refractivity contribution in [3.05, 3.63) is 39.6 Å². The van der Waals surface area contributed by atoms with Crippen LogP contribution in [0.3, 0.4) is 0 Å². The van der Waals surface area contributed by atoms with Gasteiger partial charge < -0.3 is 23.5 Å². The maximum Gasteiger partial charge on any atom is 0.202 e. The van der Waals surface area contributed by atoms with Crippen LogP contribution < -0.4 is 0 Å². The van der Waals surface area contributed by atoms with Crippen molar-refractivity contribution in [1.82, 2.24) is 5.16 Å². The molecular formula is C23H29Cl2NO5. The average molecular weight is 470 g/mol. The Morgan fingerprint density at radius 3 is 2.45 bits per heavy atom. The van der Waals surface area contributed by atoms with E-state index < -0.39 is 5.79 Å². The van der Waals surface area contributed by atoms with Gasteiger partial charge in [-0.25, -0.2) is 0 Å². The molecule has 1 aliphatic carbocycles. The summed E-state index contributed by atoms with van der Waals surface area (Å²) in [5.74, 6) is 0.697. The van der Waals surface area contributed by atoms with Gasteiger partial charge in [-0.1, -0.05) is 55.2 Å². The van der Waals surface area contributed by atoms with Crippen LogP contribution in [0.1, 0.15) is 50.9 Å². The molecule has 6 nitrogen and oxygen atoms in total. The highest BCUT2D eigenvalue weighted by Gasteiger charge is 2.54. The zero-order chi connectivity index (χ0) is 22.0. The fourth-order valence-electron chi connectivity index (χ4n) is 4.21. The minimum Gasteiger partial charge on any atom is -0.374 e. The van der Waals surface area contributed by atoms with Crippen molar-refractivity contribution >= 4 is 23.2 Å². The van der Waals surface area contributed by atoms with E-state index in [1.807, 2.05) is 19.9 Å². The molecule has 31 heavy (non-hydrogen) atoms. The molecule has 0 N–H and O–H groups in total. The molecule has 5 rings (SSSR count). The van der Waals surface area contributed by atoms with Crippen LogP contribution >= 0.6 is 23.2 Å². The number of ether oxygens (including phenoxy) is 4. The Balaban J connectivity index is 0.00000112. The Morgan fingerprint density at radius 2 is 1.81 bits per heavy atom. The molecule has 170 valence electrons. The van der Waals surface area contributed by atoms with Gasteiger partial charge in [-0.05, 0) is 25.0 Å². The van der Waals surface area contributed by atoms with Gasteiger partial charge in [0.05, 0.1) is 43.1 Å². The summed E-state index contributed by atoms with van der Waals surface area (Å²) in [4.78, 5) is 0. The molecule has 3 fully saturated rings. The summed E-state index contributed by atoms with van der Waals surface area (Å²) >= 11 is 12.8. The highest BCUT2D eigenvalue weighted by molar-refractivity contribution is 6.39. The van der Waals surface area contributed by atoms with Crippen LogP contribution in [-0.4, -0.2) is 43.5 Å². The third-order valence-electron chi connectivity index (χ3n) is 5.90. The third-order valence-corrected chi connectivity index (χ3v) is 6.53. The highest BCUT2D eigenvalue weighted by atomic mass is 35.5. The Hall–Kier alpha value is -1.15. The number of hydrogen-bond acceptors (Lipinski definition) is 6. The van der Waals surface area contributed by atoms with E-state index in [1.54, 1.807) is 12.1 Å². The van der Waals surface area contributed by atoms with Crippen LogP contribution in [0.4, 0.5) is 0 Å². The number of halogens is 2. The lowest BCUT2D eigenvalue weighted by Crippen LogP contribution is -2.46. The van der Waals surface area contributed by atoms with Gasteiger partial charge in [0.2, 0.25) is 5.79 Å². The van der Waals surface area contributed by atoms with E-state index >= 15 is 0 Å². The molecule has 0 amide bonds. The Labute approximate surface area is 193 Å². The molecule has 3 heterocycles. The van der Waals surface area contributed by atoms with E-state index in [4.69, 9.17) is 46.7 Å². The Kier molecular flexibility index (Phi) is 7.26. The Bertz CT molecular complexity index is 872. The molecule has 1 saturated carbocycles. The van der Waals surface area contributed by atoms with Crippen molar-refractivity contribution in [1.29, 1.82) is 0 Å². The molecule has 2 aliphatic heterocycles. The van der Waals surface area contributed by atoms with Crippen LogP contribution in [0.15, 0.2) is 22.7 Å². The van der Waals surface area contributed by atoms with E-state index in [2.05, 4.69) is 12.1 Å². The van der Waals surface area contributed by atoms with E-state index in [0.717, 1.165) is 24.2 Å². The fourth-order valence-corrected chi connectivity index (χ4v) is 4.78. The van der Waals surface area contributed by atoms with Crippen molar-refractivity contribution < 1.29 is 23.5 Å². The lowest BCUT2D eigenvalue weighted by atomic mass is 9.99. The SMILES string of the molecule is CC.CC1COC(COCc2c(-c3c(Cl)cccc3Cl)noc2C2CC2)C12OCCO2. The lowest BCUT2D eigenvalue weighted by Gasteiger charge is -2.30. The Morgan fingerprint density at radius 1 is 1.13 bits per heavy atom. The first-order valence-corrected chi connectivity index (χ1v) is 11.8. The predicted octanol–water partition coefficient (Wildman–Crippen LogP) is 5.85. The quantitative estimate of drug-likeness (QED) is 0.528. The van der Waals surface area contributed by atoms with Gasteiger partial charge >= 0.3 is 0 Å². The second kappa shape index (κ2) is 9.77. The van der Waals surface area contributed by atoms with Gasteiger partial charge in [-0.15, -0.1) is 0 Å². The van der Waals surface area contributed by atoms with E-state index in [1.165, 1.54) is 0 Å². The number of benzene rings is 1. The number of nitrogens with zero attached hydrogens (tertiary/aromatic N) is 1. The maximum absolute atomic E-state index is 6.42. The first kappa shape index (κ1) is 23.0. The molecule has 2 saturated heterocycles. The van der Waals surface area contributed by atoms with Gasteiger partial charge in [-0.2, -0.15) is 0 Å². The summed E-state index contributed by atoms with van der Waals surface area (Å²) in [7, 11) is 0. The molecule has 8 heteroatoms. The van der Waals surface area contributed by atoms with Gasteiger partial charge in [0.1, 0.15) is 17.6 Å². The standard InChI is InChI=1S/C21H23Cl2NO5.C2H6/c1-12-9-26-17(21(12)27-7-8-28-21)11-25-10-14-19(24-29-20(14)13-5-6-13)18-15(22)3-2-4-16(18)23;1-2/h2-4,12-13,17H,5-11H2,1H3;1-2H3. The molecule has 0 radical (unpaired) electrons. The smallest absolute Gasteiger partial charge is 0.202 e. The van der Waals surface area contributed by atoms with Crippen molar-refractivity contribution in [3.8, 4) is 11.3 Å². The first-order valence-electron chi connectivity index (χ1n) is 11.0. The normalized spacial score (nSPS) is 24.4. The van der Waals surface area contributed by atoms with Gasteiger partial charge in [0, 0.05) is 23.0 Å². The average Bonchev–Trinajstić information content (AvgIpc) is 3.22. The molecule has 3 aliphatic rings.